The van der Waals surface area contributed by atoms with Crippen LogP contribution in [0.3, 0.4) is 0 Å². The second kappa shape index (κ2) is 5.75. The Morgan fingerprint density at radius 1 is 1.56 bits per heavy atom. The normalized spacial score (nSPS) is 22.0. The van der Waals surface area contributed by atoms with Gasteiger partial charge in [-0.25, -0.2) is 4.99 Å². The number of hydrogen-bond donors (Lipinski definition) is 2. The van der Waals surface area contributed by atoms with Crippen molar-refractivity contribution in [1.82, 2.24) is 5.32 Å². The highest BCUT2D eigenvalue weighted by Crippen LogP contribution is 2.22. The summed E-state index contributed by atoms with van der Waals surface area (Å²) in [4.78, 5) is 15.8. The first kappa shape index (κ1) is 12.7. The van der Waals surface area contributed by atoms with Gasteiger partial charge in [-0.15, -0.1) is 0 Å². The fourth-order valence-corrected chi connectivity index (χ4v) is 1.88. The monoisotopic (exact) mass is 248 g/mol. The predicted molar refractivity (Wildman–Crippen MR) is 68.2 cm³/mol. The largest absolute Gasteiger partial charge is 0.497 e. The van der Waals surface area contributed by atoms with Crippen molar-refractivity contribution in [3.63, 3.8) is 0 Å². The minimum Gasteiger partial charge on any atom is -0.497 e. The third kappa shape index (κ3) is 2.75. The number of ether oxygens (including phenoxy) is 1. The molecule has 0 fully saturated rings. The topological polar surface area (TPSA) is 70.9 Å². The van der Waals surface area contributed by atoms with Crippen molar-refractivity contribution in [2.24, 2.45) is 10.9 Å². The molecule has 0 aromatic rings. The second-order valence-electron chi connectivity index (χ2n) is 4.07. The molecule has 1 aliphatic carbocycles. The molecule has 1 unspecified atom stereocenters. The van der Waals surface area contributed by atoms with Crippen molar-refractivity contribution in [2.45, 2.75) is 0 Å². The molecule has 0 spiro atoms. The van der Waals surface area contributed by atoms with Gasteiger partial charge in [-0.3, -0.25) is 4.79 Å². The number of allylic oxidation sites excluding steroid dienone is 4. The van der Waals surface area contributed by atoms with Gasteiger partial charge in [0, 0.05) is 30.7 Å². The van der Waals surface area contributed by atoms with Crippen LogP contribution >= 0.6 is 0 Å². The van der Waals surface area contributed by atoms with Crippen molar-refractivity contribution in [1.29, 1.82) is 0 Å². The van der Waals surface area contributed by atoms with Gasteiger partial charge in [0.1, 0.15) is 5.76 Å². The number of dihydropyridines is 1. The standard InChI is InChI=1S/C13H16N2O3/c1-18-11-3-2-9-6-10(8-14-4-5-16)13(17)15-12(9)7-11/h2-3,6-7,9,14,16H,4-5,8H2,1H3. The maximum absolute atomic E-state index is 11.8. The lowest BCUT2D eigenvalue weighted by Crippen LogP contribution is -2.28. The van der Waals surface area contributed by atoms with Gasteiger partial charge in [-0.1, -0.05) is 12.2 Å². The summed E-state index contributed by atoms with van der Waals surface area (Å²) in [6.45, 7) is 0.954. The zero-order valence-electron chi connectivity index (χ0n) is 10.2. The highest BCUT2D eigenvalue weighted by atomic mass is 16.5. The number of fused-ring (bicyclic) bond motifs is 1. The fourth-order valence-electron chi connectivity index (χ4n) is 1.88. The number of aliphatic hydroxyl groups is 1. The fraction of sp³-hybridized carbons (Fsp3) is 0.385. The van der Waals surface area contributed by atoms with Crippen molar-refractivity contribution >= 4 is 11.6 Å². The van der Waals surface area contributed by atoms with Gasteiger partial charge in [0.25, 0.3) is 5.91 Å². The van der Waals surface area contributed by atoms with E-state index in [0.29, 0.717) is 30.1 Å². The van der Waals surface area contributed by atoms with Crippen LogP contribution in [0.25, 0.3) is 0 Å². The van der Waals surface area contributed by atoms with Crippen LogP contribution in [0.5, 0.6) is 0 Å². The van der Waals surface area contributed by atoms with Crippen LogP contribution in [0.1, 0.15) is 0 Å². The van der Waals surface area contributed by atoms with Crippen LogP contribution < -0.4 is 5.32 Å². The molecule has 0 radical (unpaired) electrons. The van der Waals surface area contributed by atoms with Crippen LogP contribution in [-0.2, 0) is 9.53 Å². The lowest BCUT2D eigenvalue weighted by molar-refractivity contribution is -0.114. The minimum absolute atomic E-state index is 0.0347. The van der Waals surface area contributed by atoms with Gasteiger partial charge in [0.15, 0.2) is 0 Å². The number of rotatable bonds is 5. The van der Waals surface area contributed by atoms with Crippen LogP contribution in [0.4, 0.5) is 0 Å². The second-order valence-corrected chi connectivity index (χ2v) is 4.07. The number of hydrogen-bond acceptors (Lipinski definition) is 4. The average molecular weight is 248 g/mol. The lowest BCUT2D eigenvalue weighted by Gasteiger charge is -2.20. The van der Waals surface area contributed by atoms with Crippen LogP contribution in [0.15, 0.2) is 40.6 Å². The molecule has 0 bridgehead atoms. The van der Waals surface area contributed by atoms with E-state index in [4.69, 9.17) is 9.84 Å². The lowest BCUT2D eigenvalue weighted by atomic mass is 9.92. The zero-order valence-corrected chi connectivity index (χ0v) is 10.2. The quantitative estimate of drug-likeness (QED) is 0.681. The van der Waals surface area contributed by atoms with Gasteiger partial charge < -0.3 is 15.2 Å². The van der Waals surface area contributed by atoms with Crippen molar-refractivity contribution in [3.05, 3.63) is 35.6 Å². The molecule has 0 aromatic carbocycles. The Labute approximate surface area is 106 Å². The molecule has 5 heteroatoms. The molecule has 5 nitrogen and oxygen atoms in total. The van der Waals surface area contributed by atoms with E-state index >= 15 is 0 Å². The molecule has 0 saturated heterocycles. The smallest absolute Gasteiger partial charge is 0.274 e. The molecular formula is C13H16N2O3. The van der Waals surface area contributed by atoms with E-state index in [1.807, 2.05) is 18.2 Å². The number of carbonyl (C=O) groups excluding carboxylic acids is 1. The molecule has 1 amide bonds. The first-order valence-electron chi connectivity index (χ1n) is 5.83. The molecule has 0 saturated carbocycles. The zero-order chi connectivity index (χ0) is 13.0. The van der Waals surface area contributed by atoms with Gasteiger partial charge in [-0.05, 0) is 6.08 Å². The molecule has 1 heterocycles. The van der Waals surface area contributed by atoms with E-state index < -0.39 is 0 Å². The summed E-state index contributed by atoms with van der Waals surface area (Å²) in [5, 5.41) is 11.7. The summed E-state index contributed by atoms with van der Waals surface area (Å²) < 4.78 is 5.10. The Balaban J connectivity index is 2.08. The van der Waals surface area contributed by atoms with Crippen molar-refractivity contribution in [2.75, 3.05) is 26.8 Å². The Kier molecular flexibility index (Phi) is 4.07. The van der Waals surface area contributed by atoms with Gasteiger partial charge in [0.05, 0.1) is 19.4 Å². The number of aliphatic hydroxyl groups excluding tert-OH is 1. The third-order valence-corrected chi connectivity index (χ3v) is 2.83. The summed E-state index contributed by atoms with van der Waals surface area (Å²) in [6, 6.07) is 0. The van der Waals surface area contributed by atoms with E-state index in [-0.39, 0.29) is 18.4 Å². The van der Waals surface area contributed by atoms with Crippen molar-refractivity contribution in [3.8, 4) is 0 Å². The van der Waals surface area contributed by atoms with E-state index in [1.54, 1.807) is 13.2 Å². The first-order chi connectivity index (χ1) is 8.74. The molecule has 0 aromatic heterocycles. The van der Waals surface area contributed by atoms with Crippen LogP contribution in [0.2, 0.25) is 0 Å². The highest BCUT2D eigenvalue weighted by Gasteiger charge is 2.23. The minimum atomic E-state index is -0.228. The third-order valence-electron chi connectivity index (χ3n) is 2.83. The van der Waals surface area contributed by atoms with Gasteiger partial charge in [-0.2, -0.15) is 0 Å². The molecule has 1 aliphatic heterocycles. The van der Waals surface area contributed by atoms with Gasteiger partial charge >= 0.3 is 0 Å². The number of carbonyl (C=O) groups is 1. The summed E-state index contributed by atoms with van der Waals surface area (Å²) in [7, 11) is 1.59. The highest BCUT2D eigenvalue weighted by molar-refractivity contribution is 6.13. The molecule has 1 atom stereocenters. The van der Waals surface area contributed by atoms with Crippen LogP contribution in [-0.4, -0.2) is 43.5 Å². The van der Waals surface area contributed by atoms with E-state index in [2.05, 4.69) is 10.3 Å². The average Bonchev–Trinajstić information content (AvgIpc) is 2.39. The number of nitrogens with zero attached hydrogens (tertiary/aromatic N) is 1. The summed E-state index contributed by atoms with van der Waals surface area (Å²) >= 11 is 0. The maximum atomic E-state index is 11.8. The number of amides is 1. The predicted octanol–water partition coefficient (Wildman–Crippen LogP) is 0.192. The Hall–Kier alpha value is -1.72. The van der Waals surface area contributed by atoms with Gasteiger partial charge in [0.2, 0.25) is 0 Å². The summed E-state index contributed by atoms with van der Waals surface area (Å²) in [5.74, 6) is 0.509. The molecule has 2 aliphatic rings. The van der Waals surface area contributed by atoms with E-state index in [1.165, 1.54) is 0 Å². The number of methoxy groups -OCH3 is 1. The molecule has 2 N–H and O–H groups in total. The molecule has 18 heavy (non-hydrogen) atoms. The SMILES string of the molecule is COC1=CC2=NC(=O)C(CNCCO)=CC2C=C1. The molecule has 2 rings (SSSR count). The summed E-state index contributed by atoms with van der Waals surface area (Å²) in [5.41, 5.74) is 1.35. The Morgan fingerprint density at radius 3 is 3.11 bits per heavy atom. The molecule has 96 valence electrons. The Morgan fingerprint density at radius 2 is 2.39 bits per heavy atom. The maximum Gasteiger partial charge on any atom is 0.274 e. The number of nitrogens with one attached hydrogen (secondary N) is 1. The van der Waals surface area contributed by atoms with E-state index in [0.717, 1.165) is 0 Å². The van der Waals surface area contributed by atoms with E-state index in [9.17, 15) is 4.79 Å². The van der Waals surface area contributed by atoms with Crippen molar-refractivity contribution < 1.29 is 14.6 Å². The molecular weight excluding hydrogens is 232 g/mol. The summed E-state index contributed by atoms with van der Waals surface area (Å²) in [6.07, 6.45) is 7.50. The first-order valence-corrected chi connectivity index (χ1v) is 5.83. The Bertz CT molecular complexity index is 461. The van der Waals surface area contributed by atoms with Crippen LogP contribution in [0, 0.1) is 5.92 Å². The number of aliphatic imine (C=N–C) groups is 1.